The van der Waals surface area contributed by atoms with Crippen LogP contribution in [-0.4, -0.2) is 35.5 Å². The fourth-order valence-corrected chi connectivity index (χ4v) is 6.24. The van der Waals surface area contributed by atoms with Crippen molar-refractivity contribution in [3.8, 4) is 17.0 Å². The van der Waals surface area contributed by atoms with E-state index in [1.807, 2.05) is 48.1 Å². The van der Waals surface area contributed by atoms with Gasteiger partial charge in [0.05, 0.1) is 18.0 Å². The molecular formula is C33H32FN7O. The van der Waals surface area contributed by atoms with Crippen molar-refractivity contribution in [2.45, 2.75) is 51.2 Å². The van der Waals surface area contributed by atoms with Crippen molar-refractivity contribution in [3.05, 3.63) is 96.2 Å². The van der Waals surface area contributed by atoms with Crippen molar-refractivity contribution in [2.75, 3.05) is 11.1 Å². The number of phenolic OH excluding ortho intramolecular Hbond substituents is 1. The third kappa shape index (κ3) is 4.70. The molecule has 8 nitrogen and oxygen atoms in total. The van der Waals surface area contributed by atoms with Crippen molar-refractivity contribution >= 4 is 33.4 Å². The SMILES string of the molecule is Cc1cc(O)ccc1NC1CCC(n2nc(-c3ccc4c(ccn4Cc4ccccc4F)c3)c3c(N)ncnc32)CC1. The minimum Gasteiger partial charge on any atom is -0.508 e. The van der Waals surface area contributed by atoms with Crippen LogP contribution in [0.3, 0.4) is 0 Å². The summed E-state index contributed by atoms with van der Waals surface area (Å²) in [4.78, 5) is 8.91. The Balaban J connectivity index is 1.16. The largest absolute Gasteiger partial charge is 0.508 e. The van der Waals surface area contributed by atoms with E-state index in [-0.39, 0.29) is 17.6 Å². The molecule has 1 saturated carbocycles. The fraction of sp³-hybridized carbons (Fsp3) is 0.242. The molecule has 0 saturated heterocycles. The van der Waals surface area contributed by atoms with Crippen LogP contribution in [0.25, 0.3) is 33.2 Å². The molecule has 212 valence electrons. The molecule has 0 atom stereocenters. The number of nitrogens with one attached hydrogen (secondary N) is 1. The third-order valence-corrected chi connectivity index (χ3v) is 8.47. The summed E-state index contributed by atoms with van der Waals surface area (Å²) in [6.45, 7) is 2.46. The van der Waals surface area contributed by atoms with Gasteiger partial charge in [-0.25, -0.2) is 19.0 Å². The topological polar surface area (TPSA) is 107 Å². The summed E-state index contributed by atoms with van der Waals surface area (Å²) in [6, 6.07) is 21.1. The molecule has 0 aliphatic heterocycles. The number of nitrogens with two attached hydrogens (primary N) is 1. The predicted octanol–water partition coefficient (Wildman–Crippen LogP) is 6.83. The first-order valence-electron chi connectivity index (χ1n) is 14.3. The molecule has 6 aromatic rings. The lowest BCUT2D eigenvalue weighted by molar-refractivity contribution is 0.319. The number of phenols is 1. The minimum atomic E-state index is -0.205. The van der Waals surface area contributed by atoms with E-state index < -0.39 is 0 Å². The molecule has 4 N–H and O–H groups in total. The van der Waals surface area contributed by atoms with Gasteiger partial charge >= 0.3 is 0 Å². The normalized spacial score (nSPS) is 17.2. The van der Waals surface area contributed by atoms with Crippen molar-refractivity contribution in [1.82, 2.24) is 24.3 Å². The van der Waals surface area contributed by atoms with Crippen LogP contribution < -0.4 is 11.1 Å². The Bertz CT molecular complexity index is 1920. The van der Waals surface area contributed by atoms with Gasteiger partial charge in [-0.2, -0.15) is 5.10 Å². The molecule has 3 heterocycles. The second kappa shape index (κ2) is 10.5. The standard InChI is InChI=1S/C33H32FN7O/c1-20-16-26(42)11-12-28(20)38-24-7-9-25(10-8-24)41-33-30(32(35)36-19-37-33)31(39-41)22-6-13-29-21(17-22)14-15-40(29)18-23-4-2-3-5-27(23)34/h2-6,11-17,19,24-25,38,42H,7-10,18H2,1H3,(H2,35,36,37). The number of aromatic nitrogens is 5. The van der Waals surface area contributed by atoms with Gasteiger partial charge in [0, 0.05) is 40.0 Å². The van der Waals surface area contributed by atoms with Gasteiger partial charge in [-0.3, -0.25) is 0 Å². The van der Waals surface area contributed by atoms with Gasteiger partial charge in [0.15, 0.2) is 5.65 Å². The summed E-state index contributed by atoms with van der Waals surface area (Å²) in [6.07, 6.45) is 7.38. The quantitative estimate of drug-likeness (QED) is 0.193. The molecule has 0 bridgehead atoms. The zero-order valence-electron chi connectivity index (χ0n) is 23.3. The van der Waals surface area contributed by atoms with Crippen molar-refractivity contribution in [2.24, 2.45) is 0 Å². The van der Waals surface area contributed by atoms with E-state index in [4.69, 9.17) is 10.8 Å². The molecule has 42 heavy (non-hydrogen) atoms. The summed E-state index contributed by atoms with van der Waals surface area (Å²) in [7, 11) is 0. The molecule has 3 aromatic carbocycles. The Labute approximate surface area is 242 Å². The fourth-order valence-electron chi connectivity index (χ4n) is 6.24. The van der Waals surface area contributed by atoms with Gasteiger partial charge in [-0.05, 0) is 80.6 Å². The number of nitrogen functional groups attached to an aromatic ring is 1. The molecule has 0 radical (unpaired) electrons. The number of nitrogens with zero attached hydrogens (tertiary/aromatic N) is 5. The third-order valence-electron chi connectivity index (χ3n) is 8.47. The van der Waals surface area contributed by atoms with Crippen molar-refractivity contribution < 1.29 is 9.50 Å². The Morgan fingerprint density at radius 3 is 2.64 bits per heavy atom. The Hall–Kier alpha value is -4.92. The maximum Gasteiger partial charge on any atom is 0.164 e. The van der Waals surface area contributed by atoms with Crippen LogP contribution in [0.1, 0.15) is 42.9 Å². The number of benzene rings is 3. The zero-order chi connectivity index (χ0) is 28.8. The summed E-state index contributed by atoms with van der Waals surface area (Å²) in [5, 5.41) is 20.3. The van der Waals surface area contributed by atoms with E-state index in [9.17, 15) is 9.50 Å². The van der Waals surface area contributed by atoms with E-state index in [0.717, 1.165) is 70.1 Å². The molecule has 9 heteroatoms. The minimum absolute atomic E-state index is 0.195. The average Bonchev–Trinajstić information content (AvgIpc) is 3.58. The monoisotopic (exact) mass is 561 g/mol. The zero-order valence-corrected chi connectivity index (χ0v) is 23.3. The highest BCUT2D eigenvalue weighted by molar-refractivity contribution is 6.00. The van der Waals surface area contributed by atoms with Crippen LogP contribution in [0, 0.1) is 12.7 Å². The number of anilines is 2. The molecule has 0 amide bonds. The smallest absolute Gasteiger partial charge is 0.164 e. The summed E-state index contributed by atoms with van der Waals surface area (Å²) >= 11 is 0. The van der Waals surface area contributed by atoms with E-state index in [2.05, 4.69) is 32.0 Å². The molecule has 7 rings (SSSR count). The van der Waals surface area contributed by atoms with E-state index in [1.165, 1.54) is 12.4 Å². The molecule has 0 unspecified atom stereocenters. The van der Waals surface area contributed by atoms with Crippen LogP contribution in [0.4, 0.5) is 15.9 Å². The molecule has 3 aromatic heterocycles. The number of rotatable bonds is 6. The summed E-state index contributed by atoms with van der Waals surface area (Å²) < 4.78 is 18.4. The number of hydrogen-bond acceptors (Lipinski definition) is 6. The Morgan fingerprint density at radius 1 is 1.00 bits per heavy atom. The van der Waals surface area contributed by atoms with Crippen molar-refractivity contribution in [1.29, 1.82) is 0 Å². The second-order valence-corrected chi connectivity index (χ2v) is 11.2. The molecule has 0 spiro atoms. The number of halogens is 1. The van der Waals surface area contributed by atoms with Crippen LogP contribution in [0.2, 0.25) is 0 Å². The maximum absolute atomic E-state index is 14.3. The van der Waals surface area contributed by atoms with Crippen molar-refractivity contribution in [3.63, 3.8) is 0 Å². The highest BCUT2D eigenvalue weighted by Gasteiger charge is 2.27. The van der Waals surface area contributed by atoms with E-state index in [0.29, 0.717) is 24.0 Å². The van der Waals surface area contributed by atoms with E-state index in [1.54, 1.807) is 18.2 Å². The summed E-state index contributed by atoms with van der Waals surface area (Å²) in [5.41, 5.74) is 12.6. The lowest BCUT2D eigenvalue weighted by Gasteiger charge is -2.30. The lowest BCUT2D eigenvalue weighted by Crippen LogP contribution is -2.28. The molecule has 1 aliphatic carbocycles. The summed E-state index contributed by atoms with van der Waals surface area (Å²) in [5.74, 6) is 0.490. The van der Waals surface area contributed by atoms with Gasteiger partial charge in [-0.1, -0.05) is 24.3 Å². The van der Waals surface area contributed by atoms with Gasteiger partial charge < -0.3 is 20.7 Å². The first kappa shape index (κ1) is 26.0. The van der Waals surface area contributed by atoms with Crippen LogP contribution in [0.15, 0.2) is 79.3 Å². The van der Waals surface area contributed by atoms with Gasteiger partial charge in [-0.15, -0.1) is 0 Å². The van der Waals surface area contributed by atoms with Crippen LogP contribution in [0.5, 0.6) is 5.75 Å². The predicted molar refractivity (Wildman–Crippen MR) is 164 cm³/mol. The highest BCUT2D eigenvalue weighted by atomic mass is 19.1. The molecule has 1 aliphatic rings. The highest BCUT2D eigenvalue weighted by Crippen LogP contribution is 2.37. The molecule has 1 fully saturated rings. The Morgan fingerprint density at radius 2 is 1.83 bits per heavy atom. The Kier molecular flexibility index (Phi) is 6.49. The molecular weight excluding hydrogens is 529 g/mol. The van der Waals surface area contributed by atoms with Gasteiger partial charge in [0.1, 0.15) is 29.4 Å². The first-order chi connectivity index (χ1) is 20.4. The number of fused-ring (bicyclic) bond motifs is 2. The maximum atomic E-state index is 14.3. The van der Waals surface area contributed by atoms with Gasteiger partial charge in [0.25, 0.3) is 0 Å². The van der Waals surface area contributed by atoms with Crippen LogP contribution in [-0.2, 0) is 6.54 Å². The number of aryl methyl sites for hydroxylation is 1. The average molecular weight is 562 g/mol. The van der Waals surface area contributed by atoms with Crippen LogP contribution >= 0.6 is 0 Å². The number of aromatic hydroxyl groups is 1. The van der Waals surface area contributed by atoms with Gasteiger partial charge in [0.2, 0.25) is 0 Å². The first-order valence-corrected chi connectivity index (χ1v) is 14.3. The second-order valence-electron chi connectivity index (χ2n) is 11.2. The van der Waals surface area contributed by atoms with E-state index >= 15 is 0 Å². The lowest BCUT2D eigenvalue weighted by atomic mass is 9.91. The number of hydrogen-bond donors (Lipinski definition) is 3.